The van der Waals surface area contributed by atoms with E-state index in [1.807, 2.05) is 18.2 Å². The van der Waals surface area contributed by atoms with Gasteiger partial charge >= 0.3 is 0 Å². The van der Waals surface area contributed by atoms with Crippen molar-refractivity contribution in [3.8, 4) is 11.5 Å². The summed E-state index contributed by atoms with van der Waals surface area (Å²) < 4.78 is 15.8. The van der Waals surface area contributed by atoms with E-state index in [9.17, 15) is 0 Å². The van der Waals surface area contributed by atoms with Crippen LogP contribution in [0.3, 0.4) is 0 Å². The van der Waals surface area contributed by atoms with Gasteiger partial charge in [-0.1, -0.05) is 6.92 Å². The van der Waals surface area contributed by atoms with E-state index < -0.39 is 0 Å². The molecule has 0 spiro atoms. The van der Waals surface area contributed by atoms with Crippen LogP contribution in [0.1, 0.15) is 24.9 Å². The minimum absolute atomic E-state index is 0.00444. The number of nitrogens with two attached hydrogens (primary N) is 1. The zero-order valence-corrected chi connectivity index (χ0v) is 12.1. The maximum atomic E-state index is 5.68. The Bertz CT molecular complexity index is 385. The second kappa shape index (κ2) is 7.99. The van der Waals surface area contributed by atoms with Gasteiger partial charge < -0.3 is 14.2 Å². The Kier molecular flexibility index (Phi) is 6.62. The predicted molar refractivity (Wildman–Crippen MR) is 75.3 cm³/mol. The smallest absolute Gasteiger partial charge is 0.123 e. The van der Waals surface area contributed by atoms with Crippen molar-refractivity contribution in [3.05, 3.63) is 23.8 Å². The number of hydrazine groups is 1. The van der Waals surface area contributed by atoms with Crippen LogP contribution in [0, 0.1) is 5.92 Å². The highest BCUT2D eigenvalue weighted by molar-refractivity contribution is 5.42. The van der Waals surface area contributed by atoms with Crippen LogP contribution < -0.4 is 20.7 Å². The second-order valence-electron chi connectivity index (χ2n) is 4.62. The molecule has 1 rings (SSSR count). The lowest BCUT2D eigenvalue weighted by molar-refractivity contribution is 0.149. The lowest BCUT2D eigenvalue weighted by atomic mass is 9.96. The first-order valence-electron chi connectivity index (χ1n) is 6.33. The Hall–Kier alpha value is -1.30. The molecule has 0 bridgehead atoms. The zero-order chi connectivity index (χ0) is 14.3. The number of rotatable bonds is 8. The molecule has 0 heterocycles. The summed E-state index contributed by atoms with van der Waals surface area (Å²) in [5, 5.41) is 0. The summed E-state index contributed by atoms with van der Waals surface area (Å²) in [5.74, 6) is 7.65. The maximum absolute atomic E-state index is 5.68. The first kappa shape index (κ1) is 15.8. The number of hydrogen-bond acceptors (Lipinski definition) is 5. The average molecular weight is 268 g/mol. The van der Waals surface area contributed by atoms with Crippen LogP contribution in [0.5, 0.6) is 11.5 Å². The third kappa shape index (κ3) is 4.38. The van der Waals surface area contributed by atoms with Crippen LogP contribution in [-0.4, -0.2) is 27.9 Å². The molecule has 0 aliphatic heterocycles. The molecule has 5 heteroatoms. The number of nitrogens with one attached hydrogen (secondary N) is 1. The summed E-state index contributed by atoms with van der Waals surface area (Å²) in [6, 6.07) is 5.70. The fourth-order valence-electron chi connectivity index (χ4n) is 2.15. The summed E-state index contributed by atoms with van der Waals surface area (Å²) in [6.45, 7) is 2.82. The lowest BCUT2D eigenvalue weighted by Gasteiger charge is -2.22. The largest absolute Gasteiger partial charge is 0.497 e. The molecule has 1 aromatic carbocycles. The Morgan fingerprint density at radius 1 is 1.21 bits per heavy atom. The Morgan fingerprint density at radius 3 is 2.47 bits per heavy atom. The molecule has 0 aliphatic carbocycles. The number of ether oxygens (including phenoxy) is 3. The van der Waals surface area contributed by atoms with Gasteiger partial charge in [0.2, 0.25) is 0 Å². The van der Waals surface area contributed by atoms with Gasteiger partial charge in [-0.25, -0.2) is 0 Å². The highest BCUT2D eigenvalue weighted by atomic mass is 16.5. The fourth-order valence-corrected chi connectivity index (χ4v) is 2.15. The van der Waals surface area contributed by atoms with E-state index in [1.54, 1.807) is 21.3 Å². The van der Waals surface area contributed by atoms with Gasteiger partial charge in [0.15, 0.2) is 0 Å². The summed E-state index contributed by atoms with van der Waals surface area (Å²) in [4.78, 5) is 0. The van der Waals surface area contributed by atoms with E-state index >= 15 is 0 Å². The van der Waals surface area contributed by atoms with E-state index in [0.29, 0.717) is 12.5 Å². The predicted octanol–water partition coefficient (Wildman–Crippen LogP) is 1.88. The quantitative estimate of drug-likeness (QED) is 0.556. The minimum Gasteiger partial charge on any atom is -0.497 e. The molecule has 0 fully saturated rings. The van der Waals surface area contributed by atoms with Gasteiger partial charge in [0.05, 0.1) is 20.3 Å². The second-order valence-corrected chi connectivity index (χ2v) is 4.62. The van der Waals surface area contributed by atoms with Crippen LogP contribution in [0.4, 0.5) is 0 Å². The Labute approximate surface area is 115 Å². The molecule has 19 heavy (non-hydrogen) atoms. The van der Waals surface area contributed by atoms with E-state index in [0.717, 1.165) is 23.5 Å². The van der Waals surface area contributed by atoms with Crippen molar-refractivity contribution in [1.82, 2.24) is 5.43 Å². The van der Waals surface area contributed by atoms with Crippen LogP contribution in [0.15, 0.2) is 18.2 Å². The first-order chi connectivity index (χ1) is 9.15. The van der Waals surface area contributed by atoms with Crippen LogP contribution >= 0.6 is 0 Å². The molecule has 0 saturated heterocycles. The van der Waals surface area contributed by atoms with E-state index in [-0.39, 0.29) is 6.04 Å². The van der Waals surface area contributed by atoms with Crippen molar-refractivity contribution in [1.29, 1.82) is 0 Å². The SMILES string of the molecule is COCC(C)CC(NN)c1cc(OC)ccc1OC. The fraction of sp³-hybridized carbons (Fsp3) is 0.571. The molecule has 0 amide bonds. The van der Waals surface area contributed by atoms with Crippen molar-refractivity contribution in [2.45, 2.75) is 19.4 Å². The van der Waals surface area contributed by atoms with Crippen molar-refractivity contribution < 1.29 is 14.2 Å². The molecular formula is C14H24N2O3. The third-order valence-electron chi connectivity index (χ3n) is 3.10. The molecule has 108 valence electrons. The highest BCUT2D eigenvalue weighted by Gasteiger charge is 2.18. The van der Waals surface area contributed by atoms with E-state index in [4.69, 9.17) is 20.1 Å². The molecule has 0 aromatic heterocycles. The molecule has 5 nitrogen and oxygen atoms in total. The third-order valence-corrected chi connectivity index (χ3v) is 3.10. The Balaban J connectivity index is 2.95. The zero-order valence-electron chi connectivity index (χ0n) is 12.1. The molecule has 1 aromatic rings. The van der Waals surface area contributed by atoms with Crippen molar-refractivity contribution in [2.24, 2.45) is 11.8 Å². The van der Waals surface area contributed by atoms with Crippen molar-refractivity contribution >= 4 is 0 Å². The monoisotopic (exact) mass is 268 g/mol. The lowest BCUT2D eigenvalue weighted by Crippen LogP contribution is -2.30. The molecule has 3 N–H and O–H groups in total. The molecule has 0 saturated carbocycles. The van der Waals surface area contributed by atoms with Gasteiger partial charge in [-0.3, -0.25) is 11.3 Å². The molecule has 2 atom stereocenters. The van der Waals surface area contributed by atoms with Crippen LogP contribution in [-0.2, 0) is 4.74 Å². The van der Waals surface area contributed by atoms with Gasteiger partial charge in [0, 0.05) is 19.3 Å². The maximum Gasteiger partial charge on any atom is 0.123 e. The van der Waals surface area contributed by atoms with Gasteiger partial charge in [-0.2, -0.15) is 0 Å². The van der Waals surface area contributed by atoms with Crippen molar-refractivity contribution in [2.75, 3.05) is 27.9 Å². The number of benzene rings is 1. The summed E-state index contributed by atoms with van der Waals surface area (Å²) >= 11 is 0. The molecular weight excluding hydrogens is 244 g/mol. The summed E-state index contributed by atoms with van der Waals surface area (Å²) in [7, 11) is 5.00. The summed E-state index contributed by atoms with van der Waals surface area (Å²) in [6.07, 6.45) is 0.855. The normalized spacial score (nSPS) is 13.9. The van der Waals surface area contributed by atoms with E-state index in [1.165, 1.54) is 0 Å². The standard InChI is InChI=1S/C14H24N2O3/c1-10(9-17-2)7-13(16-15)12-8-11(18-3)5-6-14(12)19-4/h5-6,8,10,13,16H,7,9,15H2,1-4H3. The topological polar surface area (TPSA) is 65.7 Å². The van der Waals surface area contributed by atoms with Crippen LogP contribution in [0.25, 0.3) is 0 Å². The molecule has 0 radical (unpaired) electrons. The minimum atomic E-state index is -0.00444. The van der Waals surface area contributed by atoms with Gasteiger partial charge in [0.1, 0.15) is 11.5 Å². The molecule has 0 aliphatic rings. The van der Waals surface area contributed by atoms with E-state index in [2.05, 4.69) is 12.3 Å². The first-order valence-corrected chi connectivity index (χ1v) is 6.33. The number of hydrogen-bond donors (Lipinski definition) is 2. The molecule has 2 unspecified atom stereocenters. The number of methoxy groups -OCH3 is 3. The van der Waals surface area contributed by atoms with Gasteiger partial charge in [0.25, 0.3) is 0 Å². The van der Waals surface area contributed by atoms with Crippen LogP contribution in [0.2, 0.25) is 0 Å². The average Bonchev–Trinajstić information content (AvgIpc) is 2.44. The highest BCUT2D eigenvalue weighted by Crippen LogP contribution is 2.32. The Morgan fingerprint density at radius 2 is 1.95 bits per heavy atom. The van der Waals surface area contributed by atoms with Crippen molar-refractivity contribution in [3.63, 3.8) is 0 Å². The summed E-state index contributed by atoms with van der Waals surface area (Å²) in [5.41, 5.74) is 3.84. The van der Waals surface area contributed by atoms with Gasteiger partial charge in [-0.15, -0.1) is 0 Å². The van der Waals surface area contributed by atoms with Gasteiger partial charge in [-0.05, 0) is 30.5 Å².